The second kappa shape index (κ2) is 7.43. The van der Waals surface area contributed by atoms with E-state index in [1.54, 1.807) is 18.7 Å². The predicted molar refractivity (Wildman–Crippen MR) is 104 cm³/mol. The van der Waals surface area contributed by atoms with E-state index >= 15 is 0 Å². The molecule has 0 bridgehead atoms. The summed E-state index contributed by atoms with van der Waals surface area (Å²) in [6, 6.07) is 14.9. The van der Waals surface area contributed by atoms with Gasteiger partial charge >= 0.3 is 0 Å². The minimum absolute atomic E-state index is 0.264. The first-order valence-electron chi connectivity index (χ1n) is 8.14. The fourth-order valence-electron chi connectivity index (χ4n) is 2.59. The van der Waals surface area contributed by atoms with E-state index in [1.165, 1.54) is 17.7 Å². The van der Waals surface area contributed by atoms with Gasteiger partial charge in [-0.3, -0.25) is 4.79 Å². The summed E-state index contributed by atoms with van der Waals surface area (Å²) in [6.45, 7) is 0. The number of carbonyl (C=O) groups excluding carboxylic acids is 1. The van der Waals surface area contributed by atoms with E-state index in [4.69, 9.17) is 9.15 Å². The molecule has 0 atom stereocenters. The number of ether oxygens (including phenoxy) is 1. The molecular weight excluding hydrogens is 362 g/mol. The molecule has 2 heterocycles. The Labute approximate surface area is 159 Å². The molecule has 4 aromatic rings. The Hall–Kier alpha value is -3.45. The molecule has 0 aliphatic heterocycles. The van der Waals surface area contributed by atoms with Crippen LogP contribution in [0.15, 0.2) is 70.9 Å². The molecule has 7 heteroatoms. The highest BCUT2D eigenvalue weighted by Gasteiger charge is 2.14. The van der Waals surface area contributed by atoms with Crippen molar-refractivity contribution in [2.45, 2.75) is 0 Å². The van der Waals surface area contributed by atoms with Gasteiger partial charge in [0.25, 0.3) is 5.91 Å². The highest BCUT2D eigenvalue weighted by atomic mass is 32.1. The third-order valence-electron chi connectivity index (χ3n) is 3.93. The van der Waals surface area contributed by atoms with E-state index < -0.39 is 0 Å². The van der Waals surface area contributed by atoms with Crippen molar-refractivity contribution in [1.82, 2.24) is 9.97 Å². The fourth-order valence-corrected chi connectivity index (χ4v) is 3.42. The van der Waals surface area contributed by atoms with Gasteiger partial charge in [0, 0.05) is 16.6 Å². The highest BCUT2D eigenvalue weighted by Crippen LogP contribution is 2.32. The Morgan fingerprint density at radius 3 is 2.70 bits per heavy atom. The zero-order chi connectivity index (χ0) is 18.6. The first-order valence-corrected chi connectivity index (χ1v) is 9.02. The minimum Gasteiger partial charge on any atom is -0.496 e. The van der Waals surface area contributed by atoms with Crippen LogP contribution in [-0.4, -0.2) is 23.0 Å². The molecule has 134 valence electrons. The van der Waals surface area contributed by atoms with Crippen LogP contribution in [-0.2, 0) is 0 Å². The van der Waals surface area contributed by atoms with E-state index in [1.807, 2.05) is 48.5 Å². The van der Waals surface area contributed by atoms with Crippen LogP contribution in [0.1, 0.15) is 10.5 Å². The van der Waals surface area contributed by atoms with Crippen LogP contribution >= 0.6 is 11.3 Å². The number of nitrogens with zero attached hydrogens (tertiary/aromatic N) is 2. The number of methoxy groups -OCH3 is 1. The number of benzene rings is 2. The van der Waals surface area contributed by atoms with E-state index in [9.17, 15) is 4.79 Å². The lowest BCUT2D eigenvalue weighted by Crippen LogP contribution is -2.12. The summed E-state index contributed by atoms with van der Waals surface area (Å²) in [5, 5.41) is 5.32. The number of aromatic nitrogens is 2. The average Bonchev–Trinajstić information content (AvgIpc) is 3.41. The zero-order valence-corrected chi connectivity index (χ0v) is 15.2. The molecule has 4 rings (SSSR count). The fraction of sp³-hybridized carbons (Fsp3) is 0.0500. The molecule has 0 saturated carbocycles. The number of hydrogen-bond donors (Lipinski definition) is 1. The van der Waals surface area contributed by atoms with Gasteiger partial charge in [-0.15, -0.1) is 11.3 Å². The number of anilines is 1. The Kier molecular flexibility index (Phi) is 4.67. The van der Waals surface area contributed by atoms with Crippen molar-refractivity contribution in [2.75, 3.05) is 12.4 Å². The van der Waals surface area contributed by atoms with Crippen LogP contribution in [0.5, 0.6) is 5.75 Å². The van der Waals surface area contributed by atoms with Crippen molar-refractivity contribution in [3.63, 3.8) is 0 Å². The number of rotatable bonds is 5. The van der Waals surface area contributed by atoms with Gasteiger partial charge in [-0.2, -0.15) is 0 Å². The van der Waals surface area contributed by atoms with Gasteiger partial charge in [0.2, 0.25) is 0 Å². The third kappa shape index (κ3) is 3.58. The maximum atomic E-state index is 12.5. The predicted octanol–water partition coefficient (Wildman–Crippen LogP) is 4.73. The molecule has 0 unspecified atom stereocenters. The van der Waals surface area contributed by atoms with Crippen molar-refractivity contribution in [3.8, 4) is 27.6 Å². The van der Waals surface area contributed by atoms with E-state index in [2.05, 4.69) is 15.3 Å². The molecule has 1 N–H and O–H groups in total. The number of amides is 1. The number of nitrogens with one attached hydrogen (secondary N) is 1. The SMILES string of the molecule is COc1ccccc1-c1nc(C(=O)Nc2ccc(-c3cnco3)cc2)cs1. The number of para-hydroxylation sites is 1. The quantitative estimate of drug-likeness (QED) is 0.544. The van der Waals surface area contributed by atoms with Gasteiger partial charge in [0.15, 0.2) is 12.2 Å². The normalized spacial score (nSPS) is 10.6. The van der Waals surface area contributed by atoms with Crippen LogP contribution in [0.2, 0.25) is 0 Å². The summed E-state index contributed by atoms with van der Waals surface area (Å²) >= 11 is 1.40. The van der Waals surface area contributed by atoms with E-state index in [0.29, 0.717) is 17.1 Å². The van der Waals surface area contributed by atoms with Crippen molar-refractivity contribution >= 4 is 22.9 Å². The monoisotopic (exact) mass is 377 g/mol. The molecule has 0 aliphatic rings. The Balaban J connectivity index is 1.50. The standard InChI is InChI=1S/C20H15N3O3S/c1-25-17-5-3-2-4-15(17)20-23-16(11-27-20)19(24)22-14-8-6-13(7-9-14)18-10-21-12-26-18/h2-12H,1H3,(H,22,24). The van der Waals surface area contributed by atoms with Crippen LogP contribution in [0.3, 0.4) is 0 Å². The number of hydrogen-bond acceptors (Lipinski definition) is 6. The lowest BCUT2D eigenvalue weighted by Gasteiger charge is -2.05. The van der Waals surface area contributed by atoms with Crippen LogP contribution < -0.4 is 10.1 Å². The summed E-state index contributed by atoms with van der Waals surface area (Å²) in [4.78, 5) is 20.8. The van der Waals surface area contributed by atoms with Crippen molar-refractivity contribution in [1.29, 1.82) is 0 Å². The molecule has 6 nitrogen and oxygen atoms in total. The molecule has 27 heavy (non-hydrogen) atoms. The van der Waals surface area contributed by atoms with Gasteiger partial charge in [-0.05, 0) is 36.4 Å². The Bertz CT molecular complexity index is 1060. The smallest absolute Gasteiger partial charge is 0.275 e. The zero-order valence-electron chi connectivity index (χ0n) is 14.4. The summed E-state index contributed by atoms with van der Waals surface area (Å²) in [5.74, 6) is 1.13. The Morgan fingerprint density at radius 2 is 1.96 bits per heavy atom. The largest absolute Gasteiger partial charge is 0.496 e. The third-order valence-corrected chi connectivity index (χ3v) is 4.81. The summed E-state index contributed by atoms with van der Waals surface area (Å²) in [6.07, 6.45) is 3.02. The first kappa shape index (κ1) is 17.0. The molecule has 0 fully saturated rings. The molecule has 0 spiro atoms. The second-order valence-electron chi connectivity index (χ2n) is 5.64. The second-order valence-corrected chi connectivity index (χ2v) is 6.49. The van der Waals surface area contributed by atoms with Crippen molar-refractivity contribution < 1.29 is 13.9 Å². The topological polar surface area (TPSA) is 77.2 Å². The lowest BCUT2D eigenvalue weighted by atomic mass is 10.1. The highest BCUT2D eigenvalue weighted by molar-refractivity contribution is 7.13. The van der Waals surface area contributed by atoms with Gasteiger partial charge in [0.1, 0.15) is 16.5 Å². The van der Waals surface area contributed by atoms with Crippen LogP contribution in [0, 0.1) is 0 Å². The van der Waals surface area contributed by atoms with E-state index in [0.717, 1.165) is 21.9 Å². The lowest BCUT2D eigenvalue weighted by molar-refractivity contribution is 0.102. The van der Waals surface area contributed by atoms with Crippen LogP contribution in [0.25, 0.3) is 21.9 Å². The van der Waals surface area contributed by atoms with E-state index in [-0.39, 0.29) is 5.91 Å². The molecule has 2 aromatic carbocycles. The molecule has 1 amide bonds. The Morgan fingerprint density at radius 1 is 1.15 bits per heavy atom. The van der Waals surface area contributed by atoms with Gasteiger partial charge in [0.05, 0.1) is 18.9 Å². The van der Waals surface area contributed by atoms with Gasteiger partial charge < -0.3 is 14.5 Å². The number of carbonyl (C=O) groups is 1. The van der Waals surface area contributed by atoms with Gasteiger partial charge in [-0.25, -0.2) is 9.97 Å². The number of thiazole rings is 1. The average molecular weight is 377 g/mol. The first-order chi connectivity index (χ1) is 13.2. The van der Waals surface area contributed by atoms with Gasteiger partial charge in [-0.1, -0.05) is 12.1 Å². The van der Waals surface area contributed by atoms with Crippen molar-refractivity contribution in [3.05, 3.63) is 72.2 Å². The maximum Gasteiger partial charge on any atom is 0.275 e. The molecule has 0 saturated heterocycles. The number of oxazole rings is 1. The van der Waals surface area contributed by atoms with Crippen molar-refractivity contribution in [2.24, 2.45) is 0 Å². The summed E-state index contributed by atoms with van der Waals surface area (Å²) in [7, 11) is 1.61. The molecular formula is C20H15N3O3S. The molecule has 0 aliphatic carbocycles. The minimum atomic E-state index is -0.264. The maximum absolute atomic E-state index is 12.5. The summed E-state index contributed by atoms with van der Waals surface area (Å²) < 4.78 is 10.6. The summed E-state index contributed by atoms with van der Waals surface area (Å²) in [5.41, 5.74) is 2.79. The molecule has 2 aromatic heterocycles. The van der Waals surface area contributed by atoms with Crippen LogP contribution in [0.4, 0.5) is 5.69 Å². The molecule has 0 radical (unpaired) electrons.